The van der Waals surface area contributed by atoms with E-state index in [1.54, 1.807) is 0 Å². The third-order valence-electron chi connectivity index (χ3n) is 2.21. The number of carbonyl (C=O) groups excluding carboxylic acids is 2. The lowest BCUT2D eigenvalue weighted by Crippen LogP contribution is -2.57. The summed E-state index contributed by atoms with van der Waals surface area (Å²) in [5, 5.41) is 11.0. The van der Waals surface area contributed by atoms with Crippen molar-refractivity contribution in [1.29, 1.82) is 0 Å². The minimum Gasteiger partial charge on any atom is -0.480 e. The fourth-order valence-corrected chi connectivity index (χ4v) is 1.03. The zero-order valence-electron chi connectivity index (χ0n) is 10.7. The Labute approximate surface area is 105 Å². The number of primary amides is 1. The molecule has 0 radical (unpaired) electrons. The van der Waals surface area contributed by atoms with E-state index in [1.807, 2.05) is 0 Å². The molecular weight excluding hydrogens is 242 g/mol. The van der Waals surface area contributed by atoms with Crippen molar-refractivity contribution < 1.29 is 24.2 Å². The first kappa shape index (κ1) is 16.2. The van der Waals surface area contributed by atoms with Gasteiger partial charge in [-0.25, -0.2) is 4.79 Å². The molecule has 0 aliphatic rings. The lowest BCUT2D eigenvalue weighted by atomic mass is 10.1. The summed E-state index contributed by atoms with van der Waals surface area (Å²) in [6.45, 7) is 2.68. The monoisotopic (exact) mass is 261 g/mol. The van der Waals surface area contributed by atoms with Gasteiger partial charge in [-0.2, -0.15) is 0 Å². The van der Waals surface area contributed by atoms with Crippen LogP contribution in [0.2, 0.25) is 0 Å². The third kappa shape index (κ3) is 5.48. The van der Waals surface area contributed by atoms with Crippen molar-refractivity contribution in [1.82, 2.24) is 10.2 Å². The summed E-state index contributed by atoms with van der Waals surface area (Å²) in [7, 11) is 1.43. The molecule has 4 N–H and O–H groups in total. The van der Waals surface area contributed by atoms with Crippen LogP contribution in [0.1, 0.15) is 13.8 Å². The number of hydrogen-bond donors (Lipinski definition) is 3. The average Bonchev–Trinajstić information content (AvgIpc) is 2.22. The molecule has 8 nitrogen and oxygen atoms in total. The summed E-state index contributed by atoms with van der Waals surface area (Å²) < 4.78 is 4.78. The van der Waals surface area contributed by atoms with E-state index in [4.69, 9.17) is 15.6 Å². The van der Waals surface area contributed by atoms with Crippen LogP contribution in [0.25, 0.3) is 0 Å². The van der Waals surface area contributed by atoms with Gasteiger partial charge in [0.05, 0.1) is 6.61 Å². The summed E-state index contributed by atoms with van der Waals surface area (Å²) in [6, 6.07) is -0.682. The number of hydrogen-bond acceptors (Lipinski definition) is 4. The largest absolute Gasteiger partial charge is 0.480 e. The first-order valence-electron chi connectivity index (χ1n) is 5.28. The van der Waals surface area contributed by atoms with Crippen LogP contribution in [-0.4, -0.2) is 60.3 Å². The average molecular weight is 261 g/mol. The highest BCUT2D eigenvalue weighted by Crippen LogP contribution is 2.02. The number of urea groups is 1. The predicted octanol–water partition coefficient (Wildman–Crippen LogP) is -1.01. The minimum atomic E-state index is -1.25. The molecule has 0 atom stereocenters. The second kappa shape index (κ2) is 6.80. The molecule has 0 unspecified atom stereocenters. The molecule has 0 aliphatic carbocycles. The minimum absolute atomic E-state index is 0.101. The van der Waals surface area contributed by atoms with Crippen LogP contribution in [0.15, 0.2) is 0 Å². The molecule has 104 valence electrons. The van der Waals surface area contributed by atoms with Gasteiger partial charge in [0.2, 0.25) is 5.91 Å². The van der Waals surface area contributed by atoms with Gasteiger partial charge in [0.25, 0.3) is 0 Å². The van der Waals surface area contributed by atoms with Crippen LogP contribution >= 0.6 is 0 Å². The first-order valence-corrected chi connectivity index (χ1v) is 5.28. The number of rotatable bonds is 7. The van der Waals surface area contributed by atoms with Crippen LogP contribution in [0.3, 0.4) is 0 Å². The summed E-state index contributed by atoms with van der Waals surface area (Å²) in [4.78, 5) is 34.5. The summed E-state index contributed by atoms with van der Waals surface area (Å²) in [5.41, 5.74) is 3.86. The van der Waals surface area contributed by atoms with Gasteiger partial charge >= 0.3 is 12.0 Å². The molecule has 0 bridgehead atoms. The molecule has 8 heteroatoms. The van der Waals surface area contributed by atoms with E-state index in [1.165, 1.54) is 21.0 Å². The Kier molecular flexibility index (Phi) is 6.11. The Morgan fingerprint density at radius 3 is 2.33 bits per heavy atom. The molecule has 0 fully saturated rings. The lowest BCUT2D eigenvalue weighted by molar-refractivity contribution is -0.137. The molecule has 0 saturated heterocycles. The summed E-state index contributed by atoms with van der Waals surface area (Å²) in [6.07, 6.45) is 0. The molecule has 0 spiro atoms. The van der Waals surface area contributed by atoms with E-state index >= 15 is 0 Å². The van der Waals surface area contributed by atoms with Crippen LogP contribution in [0.5, 0.6) is 0 Å². The maximum Gasteiger partial charge on any atom is 0.323 e. The highest BCUT2D eigenvalue weighted by molar-refractivity contribution is 5.89. The number of carbonyl (C=O) groups is 3. The Hall–Kier alpha value is -1.83. The van der Waals surface area contributed by atoms with Gasteiger partial charge in [-0.3, -0.25) is 9.59 Å². The van der Waals surface area contributed by atoms with Gasteiger partial charge in [0.15, 0.2) is 0 Å². The highest BCUT2D eigenvalue weighted by Gasteiger charge is 2.29. The predicted molar refractivity (Wildman–Crippen MR) is 62.9 cm³/mol. The van der Waals surface area contributed by atoms with Crippen molar-refractivity contribution in [2.24, 2.45) is 5.73 Å². The molecule has 18 heavy (non-hydrogen) atoms. The van der Waals surface area contributed by atoms with Gasteiger partial charge in [0, 0.05) is 13.7 Å². The van der Waals surface area contributed by atoms with Crippen molar-refractivity contribution in [3.05, 3.63) is 0 Å². The molecule has 0 aromatic carbocycles. The van der Waals surface area contributed by atoms with E-state index in [0.717, 1.165) is 4.90 Å². The number of aliphatic carboxylic acids is 1. The van der Waals surface area contributed by atoms with Crippen molar-refractivity contribution in [3.8, 4) is 0 Å². The molecule has 0 aromatic heterocycles. The maximum absolute atomic E-state index is 11.8. The summed E-state index contributed by atoms with van der Waals surface area (Å²) >= 11 is 0. The van der Waals surface area contributed by atoms with Crippen LogP contribution in [0, 0.1) is 0 Å². The molecule has 0 heterocycles. The van der Waals surface area contributed by atoms with Gasteiger partial charge in [0.1, 0.15) is 12.1 Å². The number of nitrogens with two attached hydrogens (primary N) is 1. The van der Waals surface area contributed by atoms with Crippen molar-refractivity contribution in [2.75, 3.05) is 26.8 Å². The number of ether oxygens (including phenoxy) is 1. The van der Waals surface area contributed by atoms with Gasteiger partial charge in [-0.05, 0) is 13.8 Å². The Morgan fingerprint density at radius 2 is 1.94 bits per heavy atom. The van der Waals surface area contributed by atoms with Crippen LogP contribution in [-0.2, 0) is 14.3 Å². The number of carboxylic acids is 1. The molecular formula is C10H19N3O5. The van der Waals surface area contributed by atoms with E-state index in [-0.39, 0.29) is 13.2 Å². The molecule has 0 rings (SSSR count). The summed E-state index contributed by atoms with van der Waals surface area (Å²) in [5.74, 6) is -1.86. The fourth-order valence-electron chi connectivity index (χ4n) is 1.03. The molecule has 0 saturated carbocycles. The number of nitrogens with zero attached hydrogens (tertiary/aromatic N) is 1. The Morgan fingerprint density at radius 1 is 1.39 bits per heavy atom. The molecule has 0 aliphatic heterocycles. The van der Waals surface area contributed by atoms with Crippen molar-refractivity contribution >= 4 is 17.9 Å². The third-order valence-corrected chi connectivity index (χ3v) is 2.21. The zero-order chi connectivity index (χ0) is 14.3. The standard InChI is InChI=1S/C10H19N3O5/c1-10(2,8(11)16)12-9(17)13(4-5-18-3)6-7(14)15/h4-6H2,1-3H3,(H2,11,16)(H,12,17)(H,14,15). The van der Waals surface area contributed by atoms with Gasteiger partial charge in [-0.1, -0.05) is 0 Å². The molecule has 0 aromatic rings. The van der Waals surface area contributed by atoms with Crippen LogP contribution < -0.4 is 11.1 Å². The van der Waals surface area contributed by atoms with Gasteiger partial charge < -0.3 is 25.8 Å². The number of nitrogens with one attached hydrogen (secondary N) is 1. The van der Waals surface area contributed by atoms with Crippen LogP contribution in [0.4, 0.5) is 4.79 Å². The second-order valence-corrected chi connectivity index (χ2v) is 4.23. The Bertz CT molecular complexity index is 329. The quantitative estimate of drug-likeness (QED) is 0.542. The number of carboxylic acid groups (broad SMARTS) is 1. The van der Waals surface area contributed by atoms with E-state index in [9.17, 15) is 14.4 Å². The number of amides is 3. The number of methoxy groups -OCH3 is 1. The normalized spacial score (nSPS) is 10.8. The van der Waals surface area contributed by atoms with E-state index in [2.05, 4.69) is 5.32 Å². The Balaban J connectivity index is 4.64. The highest BCUT2D eigenvalue weighted by atomic mass is 16.5. The first-order chi connectivity index (χ1) is 8.20. The van der Waals surface area contributed by atoms with Gasteiger partial charge in [-0.15, -0.1) is 0 Å². The SMILES string of the molecule is COCCN(CC(=O)O)C(=O)NC(C)(C)C(N)=O. The van der Waals surface area contributed by atoms with E-state index in [0.29, 0.717) is 0 Å². The smallest absolute Gasteiger partial charge is 0.323 e. The van der Waals surface area contributed by atoms with E-state index < -0.39 is 30.0 Å². The fraction of sp³-hybridized carbons (Fsp3) is 0.700. The topological polar surface area (TPSA) is 122 Å². The molecule has 3 amide bonds. The zero-order valence-corrected chi connectivity index (χ0v) is 10.7. The maximum atomic E-state index is 11.8. The lowest BCUT2D eigenvalue weighted by Gasteiger charge is -2.27. The second-order valence-electron chi connectivity index (χ2n) is 4.23. The van der Waals surface area contributed by atoms with Crippen molar-refractivity contribution in [2.45, 2.75) is 19.4 Å². The van der Waals surface area contributed by atoms with Crippen molar-refractivity contribution in [3.63, 3.8) is 0 Å².